The van der Waals surface area contributed by atoms with Gasteiger partial charge in [0.2, 0.25) is 0 Å². The Hall–Kier alpha value is -0.770. The van der Waals surface area contributed by atoms with Crippen LogP contribution in [0.4, 0.5) is 4.79 Å². The van der Waals surface area contributed by atoms with Gasteiger partial charge in [0.1, 0.15) is 5.60 Å². The smallest absolute Gasteiger partial charge is 0.410 e. The third-order valence-corrected chi connectivity index (χ3v) is 1.90. The average Bonchev–Trinajstić information content (AvgIpc) is 2.10. The van der Waals surface area contributed by atoms with Crippen LogP contribution >= 0.6 is 0 Å². The summed E-state index contributed by atoms with van der Waals surface area (Å²) in [6.07, 6.45) is -0.0408. The molecule has 0 aliphatic carbocycles. The zero-order valence-corrected chi connectivity index (χ0v) is 11.4. The first-order chi connectivity index (χ1) is 7.42. The van der Waals surface area contributed by atoms with Crippen molar-refractivity contribution in [3.8, 4) is 0 Å². The minimum atomic E-state index is -0.409. The van der Waals surface area contributed by atoms with Crippen molar-refractivity contribution in [2.24, 2.45) is 0 Å². The number of carbonyl (C=O) groups excluding carboxylic acids is 1. The summed E-state index contributed by atoms with van der Waals surface area (Å²) in [6.45, 7) is 13.6. The van der Waals surface area contributed by atoms with E-state index in [1.807, 2.05) is 41.5 Å². The molecule has 0 unspecified atom stereocenters. The van der Waals surface area contributed by atoms with Crippen LogP contribution in [-0.2, 0) is 9.47 Å². The van der Waals surface area contributed by atoms with E-state index in [-0.39, 0.29) is 12.2 Å². The highest BCUT2D eigenvalue weighted by atomic mass is 16.6. The molecule has 0 aromatic carbocycles. The molecule has 96 valence electrons. The zero-order chi connectivity index (χ0) is 12.8. The van der Waals surface area contributed by atoms with Gasteiger partial charge in [0, 0.05) is 6.61 Å². The molecule has 1 rings (SSSR count). The molecule has 0 spiro atoms. The fourth-order valence-electron chi connectivity index (χ4n) is 1.25. The lowest BCUT2D eigenvalue weighted by molar-refractivity contribution is -0.0596. The van der Waals surface area contributed by atoms with Crippen molar-refractivity contribution in [2.45, 2.75) is 53.2 Å². The summed E-state index contributed by atoms with van der Waals surface area (Å²) in [5, 5.41) is 0. The Bertz CT molecular complexity index is 205. The number of rotatable bonds is 2. The fraction of sp³-hybridized carbons (Fsp3) is 0.917. The molecule has 1 fully saturated rings. The van der Waals surface area contributed by atoms with Crippen molar-refractivity contribution in [1.82, 2.24) is 4.90 Å². The van der Waals surface area contributed by atoms with E-state index in [4.69, 9.17) is 9.47 Å². The highest BCUT2D eigenvalue weighted by Gasteiger charge is 2.33. The number of likely N-dealkylation sites (tertiary alicyclic amines) is 1. The van der Waals surface area contributed by atoms with Crippen LogP contribution in [0.2, 0.25) is 0 Å². The topological polar surface area (TPSA) is 38.8 Å². The molecule has 0 atom stereocenters. The fourth-order valence-corrected chi connectivity index (χ4v) is 1.25. The summed E-state index contributed by atoms with van der Waals surface area (Å²) in [6, 6.07) is 0. The van der Waals surface area contributed by atoms with Gasteiger partial charge in [-0.05, 0) is 27.7 Å². The standard InChI is InChI=1S/C10H19NO3.C2H6/c1-5-13-8-6-11(7-8)9(12)14-10(2,3)4;1-2/h8H,5-7H2,1-4H3;1-2H3. The minimum absolute atomic E-state index is 0.201. The van der Waals surface area contributed by atoms with Gasteiger partial charge in [-0.1, -0.05) is 13.8 Å². The molecule has 0 radical (unpaired) electrons. The molecule has 0 saturated carbocycles. The van der Waals surface area contributed by atoms with Gasteiger partial charge in [0.05, 0.1) is 19.2 Å². The monoisotopic (exact) mass is 231 g/mol. The molecule has 0 aromatic rings. The van der Waals surface area contributed by atoms with E-state index in [0.29, 0.717) is 19.7 Å². The van der Waals surface area contributed by atoms with Crippen molar-refractivity contribution < 1.29 is 14.3 Å². The van der Waals surface area contributed by atoms with Crippen molar-refractivity contribution in [2.75, 3.05) is 19.7 Å². The second kappa shape index (κ2) is 6.74. The molecular formula is C12H25NO3. The van der Waals surface area contributed by atoms with E-state index >= 15 is 0 Å². The van der Waals surface area contributed by atoms with E-state index in [1.54, 1.807) is 4.90 Å². The SMILES string of the molecule is CC.CCOC1CN(C(=O)OC(C)(C)C)C1. The maximum absolute atomic E-state index is 11.4. The highest BCUT2D eigenvalue weighted by Crippen LogP contribution is 2.16. The Kier molecular flexibility index (Phi) is 6.41. The lowest BCUT2D eigenvalue weighted by Crippen LogP contribution is -2.55. The molecular weight excluding hydrogens is 206 g/mol. The maximum atomic E-state index is 11.4. The van der Waals surface area contributed by atoms with Gasteiger partial charge in [-0.3, -0.25) is 0 Å². The number of hydrogen-bond acceptors (Lipinski definition) is 3. The van der Waals surface area contributed by atoms with E-state index in [9.17, 15) is 4.79 Å². The first-order valence-electron chi connectivity index (χ1n) is 6.02. The Morgan fingerprint density at radius 1 is 1.31 bits per heavy atom. The molecule has 0 bridgehead atoms. The van der Waals surface area contributed by atoms with Crippen LogP contribution in [0.1, 0.15) is 41.5 Å². The Labute approximate surface area is 98.9 Å². The molecule has 16 heavy (non-hydrogen) atoms. The van der Waals surface area contributed by atoms with E-state index in [1.165, 1.54) is 0 Å². The first kappa shape index (κ1) is 15.2. The summed E-state index contributed by atoms with van der Waals surface area (Å²) in [4.78, 5) is 13.1. The molecule has 1 aliphatic rings. The maximum Gasteiger partial charge on any atom is 0.410 e. The molecule has 1 amide bonds. The molecule has 1 heterocycles. The third-order valence-electron chi connectivity index (χ3n) is 1.90. The normalized spacial score (nSPS) is 16.0. The second-order valence-electron chi connectivity index (χ2n) is 4.46. The van der Waals surface area contributed by atoms with Gasteiger partial charge >= 0.3 is 6.09 Å². The van der Waals surface area contributed by atoms with E-state index < -0.39 is 5.60 Å². The molecule has 4 heteroatoms. The van der Waals surface area contributed by atoms with Crippen LogP contribution < -0.4 is 0 Å². The predicted molar refractivity (Wildman–Crippen MR) is 64.6 cm³/mol. The van der Waals surface area contributed by atoms with Gasteiger partial charge in [-0.25, -0.2) is 4.79 Å². The van der Waals surface area contributed by atoms with Crippen molar-refractivity contribution >= 4 is 6.09 Å². The molecule has 4 nitrogen and oxygen atoms in total. The van der Waals surface area contributed by atoms with Crippen LogP contribution in [0.15, 0.2) is 0 Å². The van der Waals surface area contributed by atoms with Crippen molar-refractivity contribution in [1.29, 1.82) is 0 Å². The number of amides is 1. The Balaban J connectivity index is 0.00000106. The quantitative estimate of drug-likeness (QED) is 0.733. The van der Waals surface area contributed by atoms with Gasteiger partial charge in [-0.15, -0.1) is 0 Å². The molecule has 1 aliphatic heterocycles. The van der Waals surface area contributed by atoms with Crippen molar-refractivity contribution in [3.63, 3.8) is 0 Å². The lowest BCUT2D eigenvalue weighted by Gasteiger charge is -2.39. The third kappa shape index (κ3) is 5.35. The summed E-state index contributed by atoms with van der Waals surface area (Å²) in [5.41, 5.74) is -0.409. The van der Waals surface area contributed by atoms with Crippen LogP contribution in [0.3, 0.4) is 0 Å². The van der Waals surface area contributed by atoms with Gasteiger partial charge < -0.3 is 14.4 Å². The summed E-state index contributed by atoms with van der Waals surface area (Å²) in [5.74, 6) is 0. The Morgan fingerprint density at radius 3 is 2.19 bits per heavy atom. The number of carbonyl (C=O) groups is 1. The average molecular weight is 231 g/mol. The summed E-state index contributed by atoms with van der Waals surface area (Å²) < 4.78 is 10.5. The van der Waals surface area contributed by atoms with Gasteiger partial charge in [0.25, 0.3) is 0 Å². The summed E-state index contributed by atoms with van der Waals surface area (Å²) in [7, 11) is 0. The largest absolute Gasteiger partial charge is 0.444 e. The van der Waals surface area contributed by atoms with Crippen LogP contribution in [0.5, 0.6) is 0 Å². The zero-order valence-electron chi connectivity index (χ0n) is 11.4. The van der Waals surface area contributed by atoms with Crippen LogP contribution in [0, 0.1) is 0 Å². The van der Waals surface area contributed by atoms with E-state index in [0.717, 1.165) is 0 Å². The Morgan fingerprint density at radius 2 is 1.81 bits per heavy atom. The highest BCUT2D eigenvalue weighted by molar-refractivity contribution is 5.69. The number of nitrogens with zero attached hydrogens (tertiary/aromatic N) is 1. The summed E-state index contributed by atoms with van der Waals surface area (Å²) >= 11 is 0. The minimum Gasteiger partial charge on any atom is -0.444 e. The van der Waals surface area contributed by atoms with Crippen LogP contribution in [0.25, 0.3) is 0 Å². The predicted octanol–water partition coefficient (Wildman–Crippen LogP) is 2.67. The van der Waals surface area contributed by atoms with Crippen LogP contribution in [-0.4, -0.2) is 42.4 Å². The second-order valence-corrected chi connectivity index (χ2v) is 4.46. The number of hydrogen-bond donors (Lipinski definition) is 0. The van der Waals surface area contributed by atoms with Gasteiger partial charge in [-0.2, -0.15) is 0 Å². The molecule has 0 aromatic heterocycles. The lowest BCUT2D eigenvalue weighted by atomic mass is 10.2. The van der Waals surface area contributed by atoms with Gasteiger partial charge in [0.15, 0.2) is 0 Å². The molecule has 1 saturated heterocycles. The van der Waals surface area contributed by atoms with Crippen molar-refractivity contribution in [3.05, 3.63) is 0 Å². The number of ether oxygens (including phenoxy) is 2. The first-order valence-corrected chi connectivity index (χ1v) is 6.02. The van der Waals surface area contributed by atoms with E-state index in [2.05, 4.69) is 0 Å². The molecule has 0 N–H and O–H groups in total.